The van der Waals surface area contributed by atoms with Gasteiger partial charge in [0, 0.05) is 21.7 Å². The fourth-order valence-corrected chi connectivity index (χ4v) is 10.7. The van der Waals surface area contributed by atoms with Crippen LogP contribution in [0.5, 0.6) is 34.5 Å². The summed E-state index contributed by atoms with van der Waals surface area (Å²) in [4.78, 5) is 12.4. The molecule has 74 heavy (non-hydrogen) atoms. The van der Waals surface area contributed by atoms with Gasteiger partial charge in [0.1, 0.15) is 34.5 Å². The van der Waals surface area contributed by atoms with E-state index < -0.39 is 11.1 Å². The lowest BCUT2D eigenvalue weighted by Crippen LogP contribution is -2.60. The van der Waals surface area contributed by atoms with Gasteiger partial charge in [-0.15, -0.1) is 0 Å². The lowest BCUT2D eigenvalue weighted by atomic mass is 9.75. The van der Waals surface area contributed by atoms with Crippen molar-refractivity contribution in [3.63, 3.8) is 0 Å². The smallest absolute Gasteiger partial charge is 0.309 e. The van der Waals surface area contributed by atoms with Crippen LogP contribution in [0.2, 0.25) is 0 Å². The van der Waals surface area contributed by atoms with E-state index in [9.17, 15) is 10.0 Å². The zero-order valence-corrected chi connectivity index (χ0v) is 50.2. The molecule has 4 heterocycles. The summed E-state index contributed by atoms with van der Waals surface area (Å²) in [5.74, 6) is 4.29. The zero-order chi connectivity index (χ0) is 53.9. The molecule has 10 nitrogen and oxygen atoms in total. The number of hydrogen-bond donors (Lipinski definition) is 2. The van der Waals surface area contributed by atoms with Gasteiger partial charge in [-0.2, -0.15) is 39.1 Å². The number of aryl methyl sites for hydroxylation is 3. The van der Waals surface area contributed by atoms with E-state index in [2.05, 4.69) is 82.3 Å². The van der Waals surface area contributed by atoms with E-state index >= 15 is 0 Å². The third-order valence-corrected chi connectivity index (χ3v) is 15.1. The average Bonchev–Trinajstić information content (AvgIpc) is 4.25. The Hall–Kier alpha value is -4.09. The van der Waals surface area contributed by atoms with E-state index in [0.717, 1.165) is 97.6 Å². The molecule has 2 N–H and O–H groups in total. The molecular weight excluding hydrogens is 1120 g/mol. The Balaban J connectivity index is 0.000000254. The van der Waals surface area contributed by atoms with Crippen molar-refractivity contribution in [1.82, 2.24) is 5.06 Å². The number of carbonyl (C=O) groups excluding carboxylic acids is 1. The lowest BCUT2D eigenvalue weighted by molar-refractivity contribution is -0.251. The molecule has 0 unspecified atom stereocenters. The number of hydrogen-bond acceptors (Lipinski definition) is 13. The van der Waals surface area contributed by atoms with Gasteiger partial charge in [0.2, 0.25) is 0 Å². The number of alkyl halides is 2. The van der Waals surface area contributed by atoms with Gasteiger partial charge in [0.25, 0.3) is 0 Å². The number of halogens is 2. The first-order valence-electron chi connectivity index (χ1n) is 25.4. The van der Waals surface area contributed by atoms with Crippen LogP contribution in [-0.2, 0) is 28.8 Å². The number of unbranched alkanes of at least 4 members (excludes halogenated alkanes) is 4. The van der Waals surface area contributed by atoms with Crippen molar-refractivity contribution in [2.75, 3.05) is 51.8 Å². The number of esters is 1. The molecule has 0 spiro atoms. The largest absolute Gasteiger partial charge is 0.508 e. The summed E-state index contributed by atoms with van der Waals surface area (Å²) in [5, 5.41) is 35.6. The fraction of sp³-hybridized carbons (Fsp3) is 0.475. The van der Waals surface area contributed by atoms with E-state index in [4.69, 9.17) is 33.5 Å². The quantitative estimate of drug-likeness (QED) is 0.0345. The Kier molecular flexibility index (Phi) is 32.6. The molecule has 0 radical (unpaired) electrons. The number of phenols is 1. The highest BCUT2D eigenvalue weighted by molar-refractivity contribution is 9.09. The van der Waals surface area contributed by atoms with Crippen LogP contribution in [0.4, 0.5) is 0 Å². The van der Waals surface area contributed by atoms with Gasteiger partial charge in [0.05, 0.1) is 47.1 Å². The topological polar surface area (TPSA) is 116 Å². The minimum absolute atomic E-state index is 0.116. The Bertz CT molecular complexity index is 2240. The molecule has 0 saturated carbocycles. The molecule has 0 atom stereocenters. The number of thiophene rings is 3. The Labute approximate surface area is 471 Å². The first kappa shape index (κ1) is 64.2. The number of phenolic OH excluding ortho intramolecular Hbond substituents is 1. The fourth-order valence-electron chi connectivity index (χ4n) is 7.82. The summed E-state index contributed by atoms with van der Waals surface area (Å²) < 4.78 is 31.7. The second-order valence-electron chi connectivity index (χ2n) is 18.8. The number of methoxy groups -OCH3 is 3. The summed E-state index contributed by atoms with van der Waals surface area (Å²) in [6, 6.07) is 28.5. The van der Waals surface area contributed by atoms with Gasteiger partial charge in [-0.3, -0.25) is 4.79 Å². The number of nitrogens with zero attached hydrogens (tertiary/aromatic N) is 1. The number of rotatable bonds is 24. The van der Waals surface area contributed by atoms with E-state index in [1.807, 2.05) is 76.2 Å². The Morgan fingerprint density at radius 1 is 0.527 bits per heavy atom. The van der Waals surface area contributed by atoms with Crippen molar-refractivity contribution in [1.29, 1.82) is 0 Å². The van der Waals surface area contributed by atoms with Crippen LogP contribution in [0.1, 0.15) is 109 Å². The SMILES string of the molecule is BrCCCCc1ccsc1.CC1(C)CC(C(=O)OCCCCc2ccsc2)CC(C)(C)N1O.COc1ccc(O)cc1.COc1ccc(OCCCCBr)cc1.COc1ccc(OCCCCc2ccsc2)cc1. The van der Waals surface area contributed by atoms with Crippen LogP contribution >= 0.6 is 65.9 Å². The summed E-state index contributed by atoms with van der Waals surface area (Å²) in [5.41, 5.74) is 3.46. The third kappa shape index (κ3) is 27.1. The predicted molar refractivity (Wildman–Crippen MR) is 316 cm³/mol. The number of hydroxylamine groups is 2. The maximum Gasteiger partial charge on any atom is 0.309 e. The van der Waals surface area contributed by atoms with Crippen LogP contribution in [0.3, 0.4) is 0 Å². The van der Waals surface area contributed by atoms with Crippen LogP contribution in [0.25, 0.3) is 0 Å². The minimum Gasteiger partial charge on any atom is -0.508 e. The van der Waals surface area contributed by atoms with E-state index in [0.29, 0.717) is 19.4 Å². The van der Waals surface area contributed by atoms with Crippen molar-refractivity contribution in [2.24, 2.45) is 5.92 Å². The molecule has 6 aromatic rings. The molecule has 1 saturated heterocycles. The zero-order valence-electron chi connectivity index (χ0n) is 44.6. The van der Waals surface area contributed by atoms with Crippen molar-refractivity contribution < 1.29 is 43.5 Å². The van der Waals surface area contributed by atoms with Gasteiger partial charge in [0.15, 0.2) is 0 Å². The van der Waals surface area contributed by atoms with Gasteiger partial charge < -0.3 is 38.7 Å². The van der Waals surface area contributed by atoms with Crippen LogP contribution in [0, 0.1) is 5.92 Å². The molecule has 408 valence electrons. The van der Waals surface area contributed by atoms with Gasteiger partial charge in [-0.25, -0.2) is 0 Å². The second-order valence-corrected chi connectivity index (χ2v) is 22.7. The monoisotopic (exact) mass is 1200 g/mol. The van der Waals surface area contributed by atoms with Crippen molar-refractivity contribution in [3.05, 3.63) is 140 Å². The minimum atomic E-state index is -0.412. The maximum atomic E-state index is 12.4. The summed E-state index contributed by atoms with van der Waals surface area (Å²) in [6.07, 6.45) is 13.7. The molecule has 7 rings (SSSR count). The van der Waals surface area contributed by atoms with Crippen molar-refractivity contribution in [3.8, 4) is 34.5 Å². The highest BCUT2D eigenvalue weighted by Gasteiger charge is 2.47. The molecule has 0 amide bonds. The molecule has 0 aliphatic carbocycles. The van der Waals surface area contributed by atoms with E-state index in [-0.39, 0.29) is 17.6 Å². The molecule has 3 aromatic heterocycles. The van der Waals surface area contributed by atoms with Crippen molar-refractivity contribution in [2.45, 2.75) is 122 Å². The number of carbonyl (C=O) groups is 1. The van der Waals surface area contributed by atoms with E-state index in [1.165, 1.54) is 47.4 Å². The second kappa shape index (κ2) is 37.6. The lowest BCUT2D eigenvalue weighted by Gasteiger charge is -2.50. The molecule has 1 aliphatic rings. The van der Waals surface area contributed by atoms with Crippen LogP contribution in [-0.4, -0.2) is 84.2 Å². The summed E-state index contributed by atoms with van der Waals surface area (Å²) >= 11 is 12.1. The molecule has 0 bridgehead atoms. The maximum absolute atomic E-state index is 12.4. The van der Waals surface area contributed by atoms with Crippen molar-refractivity contribution >= 4 is 71.8 Å². The normalized spacial score (nSPS) is 13.4. The summed E-state index contributed by atoms with van der Waals surface area (Å²) in [6.45, 7) is 9.91. The molecule has 1 fully saturated rings. The number of ether oxygens (including phenoxy) is 6. The standard InChI is InChI=1S/C18H29NO3S.C15H18O2S.C11H15BrO2.C8H11BrS.C7H8O2/c1-17(2)11-15(12-18(3,4)19(17)21)16(20)22-9-6-5-7-14-8-10-23-13-14;1-16-14-5-7-15(8-6-14)17-10-3-2-4-13-9-11-18-12-13;1-13-10-4-6-11(7-5-10)14-9-3-2-8-12;9-5-2-1-3-8-4-6-10-7-8;1-9-7-4-2-6(8)3-5-7/h8,10,13,15,21H,5-7,9,11-12H2,1-4H3;5-9,11-12H,2-4,10H2,1H3;4-7H,2-3,8-9H2,1H3;4,6-7H,1-3,5H2;2-5,8H,1H3. The first-order valence-corrected chi connectivity index (χ1v) is 30.5. The van der Waals surface area contributed by atoms with Crippen LogP contribution in [0.15, 0.2) is 123 Å². The van der Waals surface area contributed by atoms with Crippen LogP contribution < -0.4 is 23.7 Å². The predicted octanol–water partition coefficient (Wildman–Crippen LogP) is 16.5. The molecular formula is C59H81Br2NO9S3. The third-order valence-electron chi connectivity index (χ3n) is 11.8. The highest BCUT2D eigenvalue weighted by Crippen LogP contribution is 2.40. The average molecular weight is 1200 g/mol. The number of piperidine rings is 1. The molecule has 1 aliphatic heterocycles. The van der Waals surface area contributed by atoms with Gasteiger partial charge >= 0.3 is 5.97 Å². The van der Waals surface area contributed by atoms with Gasteiger partial charge in [-0.1, -0.05) is 31.9 Å². The number of benzene rings is 3. The van der Waals surface area contributed by atoms with E-state index in [1.54, 1.807) is 79.6 Å². The number of aromatic hydroxyl groups is 1. The highest BCUT2D eigenvalue weighted by atomic mass is 79.9. The Morgan fingerprint density at radius 2 is 0.865 bits per heavy atom. The summed E-state index contributed by atoms with van der Waals surface area (Å²) in [7, 11) is 4.92. The Morgan fingerprint density at radius 3 is 1.23 bits per heavy atom. The molecule has 3 aromatic carbocycles. The first-order chi connectivity index (χ1) is 35.7. The van der Waals surface area contributed by atoms with Gasteiger partial charge in [-0.05, 0) is 251 Å². The molecule has 15 heteroatoms.